The fourth-order valence-corrected chi connectivity index (χ4v) is 5.80. The number of H-pyrrole nitrogens is 1. The van der Waals surface area contributed by atoms with Crippen molar-refractivity contribution >= 4 is 56.7 Å². The molecule has 0 unspecified atom stereocenters. The predicted molar refractivity (Wildman–Crippen MR) is 159 cm³/mol. The molecule has 2 saturated heterocycles. The van der Waals surface area contributed by atoms with E-state index < -0.39 is 6.17 Å². The zero-order valence-corrected chi connectivity index (χ0v) is 24.6. The number of anilines is 1. The number of aromatic amines is 1. The largest absolute Gasteiger partial charge is 0.462 e. The monoisotopic (exact) mass is 614 g/mol. The van der Waals surface area contributed by atoms with Crippen LogP contribution in [0.25, 0.3) is 21.8 Å². The molecule has 0 spiro atoms. The Bertz CT molecular complexity index is 1680. The van der Waals surface area contributed by atoms with Crippen LogP contribution >= 0.6 is 23.2 Å². The topological polar surface area (TPSA) is 113 Å². The Morgan fingerprint density at radius 3 is 2.69 bits per heavy atom. The number of pyridine rings is 1. The van der Waals surface area contributed by atoms with Crippen molar-refractivity contribution in [3.8, 4) is 17.6 Å². The van der Waals surface area contributed by atoms with Crippen molar-refractivity contribution in [3.63, 3.8) is 0 Å². The number of likely N-dealkylation sites (tertiary alicyclic amines) is 1. The molecule has 220 valence electrons. The average Bonchev–Trinajstić information content (AvgIpc) is 3.58. The second-order valence-electron chi connectivity index (χ2n) is 10.5. The normalized spacial score (nSPS) is 19.5. The van der Waals surface area contributed by atoms with Gasteiger partial charge >= 0.3 is 6.01 Å². The summed E-state index contributed by atoms with van der Waals surface area (Å²) in [7, 11) is 1.87. The van der Waals surface area contributed by atoms with E-state index in [0.29, 0.717) is 83.1 Å². The lowest BCUT2D eigenvalue weighted by Gasteiger charge is -2.35. The van der Waals surface area contributed by atoms with E-state index in [9.17, 15) is 9.18 Å². The van der Waals surface area contributed by atoms with Crippen molar-refractivity contribution < 1.29 is 18.7 Å². The van der Waals surface area contributed by atoms with E-state index in [1.807, 2.05) is 23.8 Å². The number of benzene rings is 1. The second kappa shape index (κ2) is 11.5. The fourth-order valence-electron chi connectivity index (χ4n) is 5.42. The molecule has 5 heterocycles. The number of likely N-dealkylation sites (N-methyl/N-ethyl adjacent to an activating group) is 1. The molecule has 1 aromatic carbocycles. The summed E-state index contributed by atoms with van der Waals surface area (Å²) >= 11 is 13.0. The maximum absolute atomic E-state index is 14.0. The number of alkyl halides is 1. The Labute approximate surface area is 251 Å². The fraction of sp³-hybridized carbons (Fsp3) is 0.393. The maximum atomic E-state index is 14.0. The van der Waals surface area contributed by atoms with Gasteiger partial charge in [-0.2, -0.15) is 20.1 Å². The summed E-state index contributed by atoms with van der Waals surface area (Å²) in [5.41, 5.74) is 1.77. The first-order valence-electron chi connectivity index (χ1n) is 13.5. The molecular weight excluding hydrogens is 586 g/mol. The van der Waals surface area contributed by atoms with Crippen molar-refractivity contribution in [2.75, 3.05) is 51.3 Å². The number of carbonyl (C=O) groups is 1. The highest BCUT2D eigenvalue weighted by Gasteiger charge is 2.31. The van der Waals surface area contributed by atoms with Gasteiger partial charge in [-0.1, -0.05) is 29.8 Å². The van der Waals surface area contributed by atoms with E-state index in [1.165, 1.54) is 6.08 Å². The van der Waals surface area contributed by atoms with Crippen LogP contribution in [-0.4, -0.2) is 99.4 Å². The van der Waals surface area contributed by atoms with Gasteiger partial charge in [0.15, 0.2) is 0 Å². The Morgan fingerprint density at radius 2 is 1.98 bits per heavy atom. The van der Waals surface area contributed by atoms with Gasteiger partial charge in [-0.25, -0.2) is 4.39 Å². The van der Waals surface area contributed by atoms with Gasteiger partial charge in [0.05, 0.1) is 22.5 Å². The first-order chi connectivity index (χ1) is 20.2. The second-order valence-corrected chi connectivity index (χ2v) is 11.3. The van der Waals surface area contributed by atoms with Crippen molar-refractivity contribution in [2.45, 2.75) is 25.6 Å². The number of hydrogen-bond donors (Lipinski definition) is 1. The lowest BCUT2D eigenvalue weighted by atomic mass is 10.1. The molecule has 3 aromatic heterocycles. The number of piperazine rings is 1. The molecule has 0 aliphatic carbocycles. The summed E-state index contributed by atoms with van der Waals surface area (Å²) in [6, 6.07) is 3.45. The van der Waals surface area contributed by atoms with Crippen molar-refractivity contribution in [1.82, 2.24) is 34.9 Å². The quantitative estimate of drug-likeness (QED) is 0.236. The van der Waals surface area contributed by atoms with Gasteiger partial charge in [-0.3, -0.25) is 14.8 Å². The molecule has 1 amide bonds. The number of ether oxygens (including phenoxy) is 2. The number of amides is 1. The molecule has 2 aliphatic heterocycles. The number of aromatic nitrogens is 5. The van der Waals surface area contributed by atoms with Crippen LogP contribution in [0.5, 0.6) is 17.6 Å². The van der Waals surface area contributed by atoms with Crippen molar-refractivity contribution in [2.24, 2.45) is 0 Å². The Morgan fingerprint density at radius 1 is 1.19 bits per heavy atom. The highest BCUT2D eigenvalue weighted by molar-refractivity contribution is 6.32. The van der Waals surface area contributed by atoms with Crippen LogP contribution < -0.4 is 14.4 Å². The van der Waals surface area contributed by atoms with Crippen molar-refractivity contribution in [1.29, 1.82) is 0 Å². The van der Waals surface area contributed by atoms with E-state index in [1.54, 1.807) is 23.2 Å². The van der Waals surface area contributed by atoms with E-state index in [-0.39, 0.29) is 35.6 Å². The van der Waals surface area contributed by atoms with Crippen LogP contribution in [-0.2, 0) is 4.79 Å². The van der Waals surface area contributed by atoms with Gasteiger partial charge < -0.3 is 19.3 Å². The molecule has 42 heavy (non-hydrogen) atoms. The third-order valence-electron chi connectivity index (χ3n) is 7.77. The summed E-state index contributed by atoms with van der Waals surface area (Å²) < 4.78 is 26.5. The maximum Gasteiger partial charge on any atom is 0.319 e. The lowest BCUT2D eigenvalue weighted by Crippen LogP contribution is -2.48. The Kier molecular flexibility index (Phi) is 7.77. The molecule has 0 saturated carbocycles. The van der Waals surface area contributed by atoms with Gasteiger partial charge in [0.25, 0.3) is 0 Å². The minimum atomic E-state index is -0.904. The minimum absolute atomic E-state index is 0.100. The number of halogens is 3. The first-order valence-corrected chi connectivity index (χ1v) is 14.3. The van der Waals surface area contributed by atoms with E-state index in [2.05, 4.69) is 21.8 Å². The summed E-state index contributed by atoms with van der Waals surface area (Å²) in [5.74, 6) is 1.04. The Balaban J connectivity index is 1.42. The molecule has 2 fully saturated rings. The summed E-state index contributed by atoms with van der Waals surface area (Å²) in [4.78, 5) is 31.8. The van der Waals surface area contributed by atoms with Gasteiger partial charge in [-0.05, 0) is 38.6 Å². The van der Waals surface area contributed by atoms with Crippen LogP contribution in [0, 0.1) is 6.92 Å². The first kappa shape index (κ1) is 28.4. The predicted octanol–water partition coefficient (Wildman–Crippen LogP) is 4.56. The van der Waals surface area contributed by atoms with E-state index in [0.717, 1.165) is 0 Å². The average molecular weight is 615 g/mol. The Hall–Kier alpha value is -3.74. The molecule has 11 nitrogen and oxygen atoms in total. The van der Waals surface area contributed by atoms with Crippen molar-refractivity contribution in [3.05, 3.63) is 46.7 Å². The van der Waals surface area contributed by atoms with Crippen LogP contribution in [0.4, 0.5) is 10.2 Å². The zero-order chi connectivity index (χ0) is 29.5. The standard InChI is InChI=1S/C28H29Cl2FN8O3/c1-4-23(40)38-5-7-39(8-6-38)26-18-10-22(30)33-27(42-25-15(2)20(29)11-21-19(25)12-32-36-21)24(18)34-28(35-26)41-14-17-9-16(31)13-37(17)3/h4,10-12,16-17H,1,5-9,13-14H2,2-3H3,(H,32,36)/t16-,17-/m0/s1. The number of nitrogens with zero attached hydrogens (tertiary/aromatic N) is 7. The van der Waals surface area contributed by atoms with Crippen LogP contribution in [0.15, 0.2) is 31.0 Å². The molecule has 14 heteroatoms. The van der Waals surface area contributed by atoms with E-state index in [4.69, 9.17) is 42.6 Å². The third kappa shape index (κ3) is 5.41. The summed E-state index contributed by atoms with van der Waals surface area (Å²) in [6.45, 7) is 7.99. The molecule has 1 N–H and O–H groups in total. The SMILES string of the molecule is C=CC(=O)N1CCN(c2nc(OC[C@@H]3C[C@H](F)CN3C)nc3c(Oc4c(C)c(Cl)cc5[nH]ncc45)nc(Cl)cc23)CC1. The van der Waals surface area contributed by atoms with Crippen LogP contribution in [0.3, 0.4) is 0 Å². The molecule has 4 aromatic rings. The van der Waals surface area contributed by atoms with Gasteiger partial charge in [0.1, 0.15) is 35.0 Å². The van der Waals surface area contributed by atoms with E-state index >= 15 is 0 Å². The van der Waals surface area contributed by atoms with Crippen LogP contribution in [0.2, 0.25) is 10.2 Å². The molecule has 0 radical (unpaired) electrons. The smallest absolute Gasteiger partial charge is 0.319 e. The van der Waals surface area contributed by atoms with Gasteiger partial charge in [-0.15, -0.1) is 0 Å². The van der Waals surface area contributed by atoms with Gasteiger partial charge in [0.2, 0.25) is 11.8 Å². The number of rotatable bonds is 7. The summed E-state index contributed by atoms with van der Waals surface area (Å²) in [6.07, 6.45) is 2.43. The van der Waals surface area contributed by atoms with Gasteiger partial charge in [0, 0.05) is 49.4 Å². The molecule has 2 atom stereocenters. The zero-order valence-electron chi connectivity index (χ0n) is 23.1. The highest BCUT2D eigenvalue weighted by atomic mass is 35.5. The number of fused-ring (bicyclic) bond motifs is 2. The molecular formula is C28H29Cl2FN8O3. The minimum Gasteiger partial charge on any atom is -0.462 e. The number of carbonyl (C=O) groups excluding carboxylic acids is 1. The lowest BCUT2D eigenvalue weighted by molar-refractivity contribution is -0.126. The number of nitrogens with one attached hydrogen (secondary N) is 1. The highest BCUT2D eigenvalue weighted by Crippen LogP contribution is 2.40. The van der Waals surface area contributed by atoms with Crippen LogP contribution in [0.1, 0.15) is 12.0 Å². The summed E-state index contributed by atoms with van der Waals surface area (Å²) in [5, 5.41) is 9.03. The number of hydrogen-bond acceptors (Lipinski definition) is 9. The molecule has 2 aliphatic rings. The molecule has 6 rings (SSSR count). The third-order valence-corrected chi connectivity index (χ3v) is 8.36. The molecule has 0 bridgehead atoms.